The molecule has 18 heavy (non-hydrogen) atoms. The van der Waals surface area contributed by atoms with Gasteiger partial charge in [-0.15, -0.1) is 0 Å². The summed E-state index contributed by atoms with van der Waals surface area (Å²) in [6, 6.07) is 17.7. The van der Waals surface area contributed by atoms with Crippen LogP contribution in [0.5, 0.6) is 0 Å². The van der Waals surface area contributed by atoms with Crippen molar-refractivity contribution < 1.29 is 0 Å². The van der Waals surface area contributed by atoms with Crippen molar-refractivity contribution in [1.82, 2.24) is 5.32 Å². The molecule has 0 saturated carbocycles. The van der Waals surface area contributed by atoms with Gasteiger partial charge in [-0.3, -0.25) is 0 Å². The Morgan fingerprint density at radius 2 is 1.28 bits per heavy atom. The van der Waals surface area contributed by atoms with E-state index in [-0.39, 0.29) is 0 Å². The zero-order valence-corrected chi connectivity index (χ0v) is 11.2. The van der Waals surface area contributed by atoms with Crippen LogP contribution in [0, 0.1) is 0 Å². The SMILES string of the molecule is CCCc1ccc(-c2ccc(CNC)cc2)cc1. The van der Waals surface area contributed by atoms with E-state index in [0.717, 1.165) is 6.54 Å². The van der Waals surface area contributed by atoms with E-state index in [0.29, 0.717) is 0 Å². The van der Waals surface area contributed by atoms with Crippen molar-refractivity contribution in [3.8, 4) is 11.1 Å². The first-order valence-electron chi connectivity index (χ1n) is 6.66. The molecular formula is C17H21N. The van der Waals surface area contributed by atoms with Crippen molar-refractivity contribution in [3.63, 3.8) is 0 Å². The Bertz CT molecular complexity index is 420. The van der Waals surface area contributed by atoms with Gasteiger partial charge in [-0.2, -0.15) is 0 Å². The smallest absolute Gasteiger partial charge is 0.0202 e. The third kappa shape index (κ3) is 3.21. The summed E-state index contributed by atoms with van der Waals surface area (Å²) in [5.74, 6) is 0. The molecule has 0 aliphatic heterocycles. The average molecular weight is 239 g/mol. The van der Waals surface area contributed by atoms with Crippen LogP contribution in [-0.2, 0) is 13.0 Å². The van der Waals surface area contributed by atoms with E-state index < -0.39 is 0 Å². The summed E-state index contributed by atoms with van der Waals surface area (Å²) in [4.78, 5) is 0. The molecule has 0 aromatic heterocycles. The molecule has 0 fully saturated rings. The molecule has 2 aromatic carbocycles. The summed E-state index contributed by atoms with van der Waals surface area (Å²) in [5, 5.41) is 3.16. The van der Waals surface area contributed by atoms with E-state index in [2.05, 4.69) is 60.8 Å². The first kappa shape index (κ1) is 12.8. The van der Waals surface area contributed by atoms with E-state index in [1.165, 1.54) is 35.1 Å². The fourth-order valence-corrected chi connectivity index (χ4v) is 2.17. The number of hydrogen-bond donors (Lipinski definition) is 1. The Morgan fingerprint density at radius 1 is 0.778 bits per heavy atom. The topological polar surface area (TPSA) is 12.0 Å². The molecule has 0 unspecified atom stereocenters. The van der Waals surface area contributed by atoms with E-state index in [4.69, 9.17) is 0 Å². The number of nitrogens with one attached hydrogen (secondary N) is 1. The Morgan fingerprint density at radius 3 is 1.72 bits per heavy atom. The summed E-state index contributed by atoms with van der Waals surface area (Å²) in [6.45, 7) is 3.14. The monoisotopic (exact) mass is 239 g/mol. The predicted octanol–water partition coefficient (Wildman–Crippen LogP) is 4.03. The molecule has 0 aliphatic carbocycles. The average Bonchev–Trinajstić information content (AvgIpc) is 2.41. The van der Waals surface area contributed by atoms with Crippen molar-refractivity contribution in [3.05, 3.63) is 59.7 Å². The maximum atomic E-state index is 3.16. The number of aryl methyl sites for hydroxylation is 1. The standard InChI is InChI=1S/C17H21N/c1-3-4-14-5-9-16(10-6-14)17-11-7-15(8-12-17)13-18-2/h5-12,18H,3-4,13H2,1-2H3. The highest BCUT2D eigenvalue weighted by atomic mass is 14.8. The lowest BCUT2D eigenvalue weighted by Crippen LogP contribution is -2.04. The molecule has 2 rings (SSSR count). The molecule has 0 bridgehead atoms. The first-order valence-corrected chi connectivity index (χ1v) is 6.66. The van der Waals surface area contributed by atoms with Gasteiger partial charge in [0.05, 0.1) is 0 Å². The number of benzene rings is 2. The van der Waals surface area contributed by atoms with Gasteiger partial charge >= 0.3 is 0 Å². The maximum absolute atomic E-state index is 3.16. The summed E-state index contributed by atoms with van der Waals surface area (Å²) >= 11 is 0. The largest absolute Gasteiger partial charge is 0.316 e. The van der Waals surface area contributed by atoms with Crippen molar-refractivity contribution in [2.45, 2.75) is 26.3 Å². The molecule has 94 valence electrons. The highest BCUT2D eigenvalue weighted by Crippen LogP contribution is 2.20. The first-order chi connectivity index (χ1) is 8.83. The van der Waals surface area contributed by atoms with Crippen LogP contribution < -0.4 is 5.32 Å². The molecular weight excluding hydrogens is 218 g/mol. The highest BCUT2D eigenvalue weighted by Gasteiger charge is 1.98. The van der Waals surface area contributed by atoms with Crippen molar-refractivity contribution in [2.24, 2.45) is 0 Å². The lowest BCUT2D eigenvalue weighted by Gasteiger charge is -2.05. The molecule has 1 N–H and O–H groups in total. The number of hydrogen-bond acceptors (Lipinski definition) is 1. The van der Waals surface area contributed by atoms with Gasteiger partial charge in [0.2, 0.25) is 0 Å². The Labute approximate surface area is 110 Å². The minimum absolute atomic E-state index is 0.926. The molecule has 0 amide bonds. The molecule has 1 heteroatoms. The number of rotatable bonds is 5. The van der Waals surface area contributed by atoms with Crippen LogP contribution in [0.3, 0.4) is 0 Å². The lowest BCUT2D eigenvalue weighted by molar-refractivity contribution is 0.818. The Hall–Kier alpha value is -1.60. The van der Waals surface area contributed by atoms with E-state index in [1.54, 1.807) is 0 Å². The van der Waals surface area contributed by atoms with Crippen molar-refractivity contribution in [2.75, 3.05) is 7.05 Å². The summed E-state index contributed by atoms with van der Waals surface area (Å²) < 4.78 is 0. The Kier molecular flexibility index (Phi) is 4.54. The van der Waals surface area contributed by atoms with Gasteiger partial charge in [0.25, 0.3) is 0 Å². The van der Waals surface area contributed by atoms with E-state index in [1.807, 2.05) is 7.05 Å². The predicted molar refractivity (Wildman–Crippen MR) is 78.6 cm³/mol. The molecule has 0 spiro atoms. The molecule has 0 saturated heterocycles. The van der Waals surface area contributed by atoms with Crippen LogP contribution in [0.25, 0.3) is 11.1 Å². The summed E-state index contributed by atoms with van der Waals surface area (Å²) in [5.41, 5.74) is 5.33. The fraction of sp³-hybridized carbons (Fsp3) is 0.294. The second-order valence-electron chi connectivity index (χ2n) is 4.67. The lowest BCUT2D eigenvalue weighted by atomic mass is 10.0. The quantitative estimate of drug-likeness (QED) is 0.830. The second-order valence-corrected chi connectivity index (χ2v) is 4.67. The minimum Gasteiger partial charge on any atom is -0.316 e. The van der Waals surface area contributed by atoms with Gasteiger partial charge in [0.15, 0.2) is 0 Å². The van der Waals surface area contributed by atoms with Gasteiger partial charge in [0.1, 0.15) is 0 Å². The van der Waals surface area contributed by atoms with Gasteiger partial charge in [-0.25, -0.2) is 0 Å². The van der Waals surface area contributed by atoms with Crippen LogP contribution in [0.1, 0.15) is 24.5 Å². The molecule has 0 aliphatic rings. The van der Waals surface area contributed by atoms with Crippen LogP contribution in [-0.4, -0.2) is 7.05 Å². The zero-order chi connectivity index (χ0) is 12.8. The maximum Gasteiger partial charge on any atom is 0.0202 e. The van der Waals surface area contributed by atoms with Crippen LogP contribution >= 0.6 is 0 Å². The normalized spacial score (nSPS) is 10.6. The second kappa shape index (κ2) is 6.36. The third-order valence-corrected chi connectivity index (χ3v) is 3.16. The van der Waals surface area contributed by atoms with Gasteiger partial charge in [0, 0.05) is 6.54 Å². The molecule has 0 radical (unpaired) electrons. The van der Waals surface area contributed by atoms with E-state index >= 15 is 0 Å². The fourth-order valence-electron chi connectivity index (χ4n) is 2.17. The third-order valence-electron chi connectivity index (χ3n) is 3.16. The van der Waals surface area contributed by atoms with E-state index in [9.17, 15) is 0 Å². The van der Waals surface area contributed by atoms with Crippen LogP contribution in [0.2, 0.25) is 0 Å². The molecule has 2 aromatic rings. The minimum atomic E-state index is 0.926. The Balaban J connectivity index is 2.15. The summed E-state index contributed by atoms with van der Waals surface area (Å²) in [6.07, 6.45) is 2.37. The van der Waals surface area contributed by atoms with Gasteiger partial charge in [-0.1, -0.05) is 61.9 Å². The van der Waals surface area contributed by atoms with Gasteiger partial charge < -0.3 is 5.32 Å². The van der Waals surface area contributed by atoms with Crippen molar-refractivity contribution in [1.29, 1.82) is 0 Å². The molecule has 0 heterocycles. The summed E-state index contributed by atoms with van der Waals surface area (Å²) in [7, 11) is 1.97. The van der Waals surface area contributed by atoms with Crippen LogP contribution in [0.4, 0.5) is 0 Å². The van der Waals surface area contributed by atoms with Gasteiger partial charge in [-0.05, 0) is 35.7 Å². The molecule has 1 nitrogen and oxygen atoms in total. The molecule has 0 atom stereocenters. The zero-order valence-electron chi connectivity index (χ0n) is 11.2. The highest BCUT2D eigenvalue weighted by molar-refractivity contribution is 5.63. The van der Waals surface area contributed by atoms with Crippen molar-refractivity contribution >= 4 is 0 Å². The van der Waals surface area contributed by atoms with Crippen LogP contribution in [0.15, 0.2) is 48.5 Å².